The van der Waals surface area contributed by atoms with Gasteiger partial charge in [0.2, 0.25) is 5.91 Å². The fourth-order valence-electron chi connectivity index (χ4n) is 2.33. The second kappa shape index (κ2) is 5.14. The highest BCUT2D eigenvalue weighted by Gasteiger charge is 2.36. The summed E-state index contributed by atoms with van der Waals surface area (Å²) in [6.07, 6.45) is 1.61. The molecule has 0 saturated carbocycles. The summed E-state index contributed by atoms with van der Waals surface area (Å²) in [7, 11) is 0. The molecule has 1 aromatic heterocycles. The standard InChI is InChI=1S/C15H13N3O2S/c1-9-11-5-3-4-6-12(11)14(20)18(9)10(2)13(19)17-15-16-7-8-21-15/h3-8,10H,1H2,2H3,(H,16,17,19). The molecule has 0 saturated heterocycles. The van der Waals surface area contributed by atoms with E-state index in [-0.39, 0.29) is 11.8 Å². The molecule has 3 rings (SSSR count). The van der Waals surface area contributed by atoms with Gasteiger partial charge in [-0.3, -0.25) is 14.5 Å². The predicted octanol–water partition coefficient (Wildman–Crippen LogP) is 2.60. The molecule has 1 aliphatic heterocycles. The number of benzene rings is 1. The van der Waals surface area contributed by atoms with E-state index in [1.54, 1.807) is 30.6 Å². The third-order valence-electron chi connectivity index (χ3n) is 3.41. The Bertz CT molecular complexity index is 689. The zero-order valence-electron chi connectivity index (χ0n) is 11.4. The van der Waals surface area contributed by atoms with Gasteiger partial charge in [0, 0.05) is 28.4 Å². The first-order valence-corrected chi connectivity index (χ1v) is 7.30. The molecule has 1 atom stereocenters. The van der Waals surface area contributed by atoms with E-state index in [1.165, 1.54) is 16.2 Å². The van der Waals surface area contributed by atoms with Crippen molar-refractivity contribution in [3.05, 3.63) is 53.5 Å². The van der Waals surface area contributed by atoms with Gasteiger partial charge in [0.15, 0.2) is 5.13 Å². The summed E-state index contributed by atoms with van der Waals surface area (Å²) >= 11 is 1.33. The number of nitrogens with zero attached hydrogens (tertiary/aromatic N) is 2. The van der Waals surface area contributed by atoms with Gasteiger partial charge < -0.3 is 5.32 Å². The van der Waals surface area contributed by atoms with Crippen LogP contribution < -0.4 is 5.32 Å². The smallest absolute Gasteiger partial charge is 0.259 e. The highest BCUT2D eigenvalue weighted by atomic mass is 32.1. The van der Waals surface area contributed by atoms with E-state index in [0.717, 1.165) is 5.56 Å². The van der Waals surface area contributed by atoms with E-state index in [2.05, 4.69) is 16.9 Å². The van der Waals surface area contributed by atoms with Crippen LogP contribution in [0.5, 0.6) is 0 Å². The number of anilines is 1. The van der Waals surface area contributed by atoms with Crippen molar-refractivity contribution in [3.8, 4) is 0 Å². The molecule has 0 fully saturated rings. The van der Waals surface area contributed by atoms with Crippen molar-refractivity contribution in [2.45, 2.75) is 13.0 Å². The summed E-state index contributed by atoms with van der Waals surface area (Å²) in [5.41, 5.74) is 1.91. The van der Waals surface area contributed by atoms with Crippen LogP contribution in [0.15, 0.2) is 42.4 Å². The molecular weight excluding hydrogens is 286 g/mol. The van der Waals surface area contributed by atoms with Crippen LogP contribution in [-0.4, -0.2) is 27.7 Å². The van der Waals surface area contributed by atoms with Gasteiger partial charge in [-0.15, -0.1) is 11.3 Å². The van der Waals surface area contributed by atoms with Gasteiger partial charge in [-0.2, -0.15) is 0 Å². The Balaban J connectivity index is 1.83. The molecule has 0 bridgehead atoms. The lowest BCUT2D eigenvalue weighted by atomic mass is 10.1. The molecule has 2 amide bonds. The number of hydrogen-bond donors (Lipinski definition) is 1. The molecule has 5 nitrogen and oxygen atoms in total. The lowest BCUT2D eigenvalue weighted by Crippen LogP contribution is -2.41. The third-order valence-corrected chi connectivity index (χ3v) is 4.10. The molecule has 1 unspecified atom stereocenters. The van der Waals surface area contributed by atoms with Gasteiger partial charge >= 0.3 is 0 Å². The van der Waals surface area contributed by atoms with Crippen LogP contribution in [0.4, 0.5) is 5.13 Å². The van der Waals surface area contributed by atoms with Crippen LogP contribution in [-0.2, 0) is 4.79 Å². The summed E-state index contributed by atoms with van der Waals surface area (Å²) < 4.78 is 0. The van der Waals surface area contributed by atoms with Gasteiger partial charge in [0.25, 0.3) is 5.91 Å². The van der Waals surface area contributed by atoms with E-state index < -0.39 is 6.04 Å². The van der Waals surface area contributed by atoms with E-state index in [4.69, 9.17) is 0 Å². The number of thiazole rings is 1. The van der Waals surface area contributed by atoms with Crippen LogP contribution >= 0.6 is 11.3 Å². The number of carbonyl (C=O) groups is 2. The molecule has 106 valence electrons. The average Bonchev–Trinajstić information content (AvgIpc) is 3.07. The number of aromatic nitrogens is 1. The molecule has 6 heteroatoms. The first-order valence-electron chi connectivity index (χ1n) is 6.42. The number of carbonyl (C=O) groups excluding carboxylic acids is 2. The summed E-state index contributed by atoms with van der Waals surface area (Å²) in [5.74, 6) is -0.482. The molecule has 2 aromatic rings. The highest BCUT2D eigenvalue weighted by Crippen LogP contribution is 2.33. The van der Waals surface area contributed by atoms with Crippen molar-refractivity contribution >= 4 is 34.0 Å². The first kappa shape index (κ1) is 13.5. The minimum Gasteiger partial charge on any atom is -0.300 e. The maximum absolute atomic E-state index is 12.4. The molecule has 0 spiro atoms. The van der Waals surface area contributed by atoms with Gasteiger partial charge in [0.1, 0.15) is 6.04 Å². The van der Waals surface area contributed by atoms with E-state index in [9.17, 15) is 9.59 Å². The topological polar surface area (TPSA) is 62.3 Å². The van der Waals surface area contributed by atoms with Crippen LogP contribution in [0.1, 0.15) is 22.8 Å². The predicted molar refractivity (Wildman–Crippen MR) is 81.9 cm³/mol. The van der Waals surface area contributed by atoms with Crippen LogP contribution in [0.25, 0.3) is 5.70 Å². The molecule has 2 heterocycles. The Labute approximate surface area is 125 Å². The number of amides is 2. The first-order chi connectivity index (χ1) is 10.1. The summed E-state index contributed by atoms with van der Waals surface area (Å²) in [4.78, 5) is 30.1. The van der Waals surface area contributed by atoms with Gasteiger partial charge in [-0.1, -0.05) is 24.8 Å². The fraction of sp³-hybridized carbons (Fsp3) is 0.133. The molecule has 21 heavy (non-hydrogen) atoms. The largest absolute Gasteiger partial charge is 0.300 e. The van der Waals surface area contributed by atoms with Crippen molar-refractivity contribution in [2.24, 2.45) is 0 Å². The van der Waals surface area contributed by atoms with Gasteiger partial charge in [-0.05, 0) is 13.0 Å². The SMILES string of the molecule is C=C1c2ccccc2C(=O)N1C(C)C(=O)Nc1nccs1. The average molecular weight is 299 g/mol. The zero-order chi connectivity index (χ0) is 15.0. The van der Waals surface area contributed by atoms with Gasteiger partial charge in [0.05, 0.1) is 0 Å². The molecule has 1 aliphatic rings. The molecule has 1 N–H and O–H groups in total. The number of rotatable bonds is 3. The van der Waals surface area contributed by atoms with Crippen molar-refractivity contribution in [3.63, 3.8) is 0 Å². The molecule has 1 aromatic carbocycles. The number of hydrogen-bond acceptors (Lipinski definition) is 4. The second-order valence-corrected chi connectivity index (χ2v) is 5.56. The minimum atomic E-state index is -0.652. The summed E-state index contributed by atoms with van der Waals surface area (Å²) in [6.45, 7) is 5.62. The van der Waals surface area contributed by atoms with Crippen molar-refractivity contribution in [2.75, 3.05) is 5.32 Å². The van der Waals surface area contributed by atoms with Crippen molar-refractivity contribution < 1.29 is 9.59 Å². The second-order valence-electron chi connectivity index (χ2n) is 4.67. The molecular formula is C15H13N3O2S. The van der Waals surface area contributed by atoms with Crippen molar-refractivity contribution in [1.82, 2.24) is 9.88 Å². The lowest BCUT2D eigenvalue weighted by Gasteiger charge is -2.24. The Morgan fingerprint density at radius 1 is 1.38 bits per heavy atom. The van der Waals surface area contributed by atoms with Crippen LogP contribution in [0.3, 0.4) is 0 Å². The van der Waals surface area contributed by atoms with E-state index >= 15 is 0 Å². The maximum atomic E-state index is 12.4. The normalized spacial score (nSPS) is 15.0. The van der Waals surface area contributed by atoms with Crippen molar-refractivity contribution in [1.29, 1.82) is 0 Å². The van der Waals surface area contributed by atoms with Gasteiger partial charge in [-0.25, -0.2) is 4.98 Å². The Kier molecular flexibility index (Phi) is 3.31. The zero-order valence-corrected chi connectivity index (χ0v) is 12.2. The molecule has 0 aliphatic carbocycles. The van der Waals surface area contributed by atoms with E-state index in [0.29, 0.717) is 16.4 Å². The fourth-order valence-corrected chi connectivity index (χ4v) is 2.86. The van der Waals surface area contributed by atoms with Crippen LogP contribution in [0, 0.1) is 0 Å². The third kappa shape index (κ3) is 2.23. The summed E-state index contributed by atoms with van der Waals surface area (Å²) in [5, 5.41) is 4.99. The monoisotopic (exact) mass is 299 g/mol. The van der Waals surface area contributed by atoms with E-state index in [1.807, 2.05) is 12.1 Å². The Hall–Kier alpha value is -2.47. The maximum Gasteiger partial charge on any atom is 0.259 e. The highest BCUT2D eigenvalue weighted by molar-refractivity contribution is 7.13. The summed E-state index contributed by atoms with van der Waals surface area (Å²) in [6, 6.07) is 6.57. The Morgan fingerprint density at radius 3 is 2.71 bits per heavy atom. The quantitative estimate of drug-likeness (QED) is 0.947. The van der Waals surface area contributed by atoms with Crippen LogP contribution in [0.2, 0.25) is 0 Å². The molecule has 0 radical (unpaired) electrons. The number of fused-ring (bicyclic) bond motifs is 1. The number of nitrogens with one attached hydrogen (secondary N) is 1. The lowest BCUT2D eigenvalue weighted by molar-refractivity contribution is -0.119. The Morgan fingerprint density at radius 2 is 2.10 bits per heavy atom. The minimum absolute atomic E-state index is 0.197.